The highest BCUT2D eigenvalue weighted by Gasteiger charge is 2.17. The monoisotopic (exact) mass is 439 g/mol. The van der Waals surface area contributed by atoms with Crippen molar-refractivity contribution in [2.24, 2.45) is 0 Å². The van der Waals surface area contributed by atoms with Crippen molar-refractivity contribution in [2.45, 2.75) is 19.0 Å². The number of halogens is 1. The predicted molar refractivity (Wildman–Crippen MR) is 120 cm³/mol. The van der Waals surface area contributed by atoms with E-state index in [1.807, 2.05) is 37.4 Å². The zero-order valence-electron chi connectivity index (χ0n) is 16.3. The number of carbonyl (C=O) groups is 1. The maximum Gasteiger partial charge on any atom is 0.276 e. The van der Waals surface area contributed by atoms with Gasteiger partial charge in [0.15, 0.2) is 5.16 Å². The summed E-state index contributed by atoms with van der Waals surface area (Å²) in [5, 5.41) is 4.94. The summed E-state index contributed by atoms with van der Waals surface area (Å²) in [5.41, 5.74) is 3.62. The molecule has 2 aromatic carbocycles. The van der Waals surface area contributed by atoms with E-state index in [2.05, 4.69) is 10.3 Å². The van der Waals surface area contributed by atoms with E-state index in [-0.39, 0.29) is 17.2 Å². The lowest BCUT2D eigenvalue weighted by Gasteiger charge is -2.15. The minimum Gasteiger partial charge on any atom is -0.325 e. The zero-order chi connectivity index (χ0) is 21.3. The van der Waals surface area contributed by atoms with E-state index in [0.717, 1.165) is 16.8 Å². The van der Waals surface area contributed by atoms with Gasteiger partial charge in [-0.2, -0.15) is 0 Å². The van der Waals surface area contributed by atoms with Crippen molar-refractivity contribution in [3.63, 3.8) is 0 Å². The molecule has 0 atom stereocenters. The number of aryl methyl sites for hydroxylation is 1. The smallest absolute Gasteiger partial charge is 0.276 e. The van der Waals surface area contributed by atoms with Crippen LogP contribution in [0.1, 0.15) is 11.1 Å². The summed E-state index contributed by atoms with van der Waals surface area (Å²) in [6, 6.07) is 13.3. The number of amides is 1. The number of thiophene rings is 1. The van der Waals surface area contributed by atoms with E-state index >= 15 is 0 Å². The topological polar surface area (TPSA) is 64.0 Å². The number of hydrogen-bond acceptors (Lipinski definition) is 5. The third kappa shape index (κ3) is 4.01. The van der Waals surface area contributed by atoms with E-state index in [0.29, 0.717) is 21.1 Å². The quantitative estimate of drug-likeness (QED) is 0.354. The summed E-state index contributed by atoms with van der Waals surface area (Å²) >= 11 is 2.52. The molecule has 4 aromatic rings. The Morgan fingerprint density at radius 2 is 2.00 bits per heavy atom. The number of benzene rings is 2. The number of fused-ring (bicyclic) bond motifs is 1. The molecule has 0 bridgehead atoms. The number of nitrogens with zero attached hydrogens (tertiary/aromatic N) is 2. The fourth-order valence-electron chi connectivity index (χ4n) is 3.07. The van der Waals surface area contributed by atoms with Crippen LogP contribution in [-0.2, 0) is 4.79 Å². The zero-order valence-corrected chi connectivity index (χ0v) is 17.9. The van der Waals surface area contributed by atoms with Crippen LogP contribution in [0.25, 0.3) is 15.9 Å². The van der Waals surface area contributed by atoms with Crippen LogP contribution in [0, 0.1) is 19.7 Å². The van der Waals surface area contributed by atoms with Crippen molar-refractivity contribution in [3.8, 4) is 5.69 Å². The predicted octanol–water partition coefficient (Wildman–Crippen LogP) is 4.93. The number of carbonyl (C=O) groups excluding carboxylic acids is 1. The SMILES string of the molecule is Cc1cccc(-n2c(SCC(=O)Nc3cccc(F)c3)nc3ccsc3c2=O)c1C. The van der Waals surface area contributed by atoms with Gasteiger partial charge in [-0.1, -0.05) is 30.0 Å². The minimum atomic E-state index is -0.422. The molecule has 0 saturated carbocycles. The second-order valence-corrected chi connectivity index (χ2v) is 8.59. The molecule has 0 spiro atoms. The molecule has 0 fully saturated rings. The summed E-state index contributed by atoms with van der Waals surface area (Å²) in [5.74, 6) is -0.699. The number of aromatic nitrogens is 2. The molecule has 0 aliphatic heterocycles. The number of anilines is 1. The number of rotatable bonds is 5. The van der Waals surface area contributed by atoms with Crippen molar-refractivity contribution in [1.82, 2.24) is 9.55 Å². The molecule has 2 heterocycles. The molecule has 2 aromatic heterocycles. The van der Waals surface area contributed by atoms with E-state index in [9.17, 15) is 14.0 Å². The van der Waals surface area contributed by atoms with E-state index < -0.39 is 5.82 Å². The fraction of sp³-hybridized carbons (Fsp3) is 0.136. The van der Waals surface area contributed by atoms with E-state index in [4.69, 9.17) is 0 Å². The van der Waals surface area contributed by atoms with Gasteiger partial charge in [0.05, 0.1) is 17.0 Å². The normalized spacial score (nSPS) is 11.0. The van der Waals surface area contributed by atoms with Gasteiger partial charge in [0.25, 0.3) is 5.56 Å². The molecule has 5 nitrogen and oxygen atoms in total. The Bertz CT molecular complexity index is 1310. The number of thioether (sulfide) groups is 1. The highest BCUT2D eigenvalue weighted by molar-refractivity contribution is 7.99. The average Bonchev–Trinajstić information content (AvgIpc) is 3.18. The molecular formula is C22H18FN3O2S2. The van der Waals surface area contributed by atoms with Crippen molar-refractivity contribution in [2.75, 3.05) is 11.1 Å². The van der Waals surface area contributed by atoms with E-state index in [1.165, 1.54) is 41.3 Å². The number of hydrogen-bond donors (Lipinski definition) is 1. The molecule has 0 radical (unpaired) electrons. The van der Waals surface area contributed by atoms with Crippen LogP contribution in [-0.4, -0.2) is 21.2 Å². The maximum absolute atomic E-state index is 13.3. The van der Waals surface area contributed by atoms with Gasteiger partial charge in [-0.3, -0.25) is 14.2 Å². The van der Waals surface area contributed by atoms with Gasteiger partial charge < -0.3 is 5.32 Å². The molecule has 30 heavy (non-hydrogen) atoms. The van der Waals surface area contributed by atoms with Gasteiger partial charge in [-0.15, -0.1) is 11.3 Å². The van der Waals surface area contributed by atoms with Gasteiger partial charge in [0.1, 0.15) is 10.5 Å². The summed E-state index contributed by atoms with van der Waals surface area (Å²) in [6.45, 7) is 3.95. The van der Waals surface area contributed by atoms with Gasteiger partial charge in [-0.05, 0) is 60.7 Å². The Balaban J connectivity index is 1.69. The first-order valence-corrected chi connectivity index (χ1v) is 11.1. The second-order valence-electron chi connectivity index (χ2n) is 6.74. The molecule has 0 aliphatic rings. The Labute approximate surface area is 180 Å². The first kappa shape index (κ1) is 20.3. The van der Waals surface area contributed by atoms with Crippen LogP contribution in [0.3, 0.4) is 0 Å². The fourth-order valence-corrected chi connectivity index (χ4v) is 4.64. The second kappa shape index (κ2) is 8.41. The Morgan fingerprint density at radius 1 is 1.20 bits per heavy atom. The average molecular weight is 440 g/mol. The summed E-state index contributed by atoms with van der Waals surface area (Å²) < 4.78 is 15.5. The summed E-state index contributed by atoms with van der Waals surface area (Å²) in [6.07, 6.45) is 0. The van der Waals surface area contributed by atoms with Crippen LogP contribution < -0.4 is 10.9 Å². The molecule has 152 valence electrons. The largest absolute Gasteiger partial charge is 0.325 e. The lowest BCUT2D eigenvalue weighted by Crippen LogP contribution is -2.23. The van der Waals surface area contributed by atoms with Crippen LogP contribution >= 0.6 is 23.1 Å². The highest BCUT2D eigenvalue weighted by Crippen LogP contribution is 2.26. The summed E-state index contributed by atoms with van der Waals surface area (Å²) in [4.78, 5) is 30.3. The molecule has 8 heteroatoms. The molecule has 4 rings (SSSR count). The third-order valence-corrected chi connectivity index (χ3v) is 6.54. The van der Waals surface area contributed by atoms with E-state index in [1.54, 1.807) is 16.7 Å². The van der Waals surface area contributed by atoms with Gasteiger partial charge in [0.2, 0.25) is 5.91 Å². The lowest BCUT2D eigenvalue weighted by molar-refractivity contribution is -0.113. The minimum absolute atomic E-state index is 0.0312. The number of nitrogens with one attached hydrogen (secondary N) is 1. The Kier molecular flexibility index (Phi) is 5.69. The lowest BCUT2D eigenvalue weighted by atomic mass is 10.1. The van der Waals surface area contributed by atoms with Crippen LogP contribution in [0.15, 0.2) is 63.9 Å². The third-order valence-electron chi connectivity index (χ3n) is 4.71. The summed E-state index contributed by atoms with van der Waals surface area (Å²) in [7, 11) is 0. The van der Waals surface area contributed by atoms with Gasteiger partial charge >= 0.3 is 0 Å². The maximum atomic E-state index is 13.3. The first-order chi connectivity index (χ1) is 14.4. The first-order valence-electron chi connectivity index (χ1n) is 9.19. The Hall–Kier alpha value is -2.97. The molecule has 1 amide bonds. The molecule has 0 unspecified atom stereocenters. The van der Waals surface area contributed by atoms with Gasteiger partial charge in [-0.25, -0.2) is 9.37 Å². The van der Waals surface area contributed by atoms with Crippen molar-refractivity contribution >= 4 is 44.9 Å². The van der Waals surface area contributed by atoms with Crippen LogP contribution in [0.4, 0.5) is 10.1 Å². The molecular weight excluding hydrogens is 421 g/mol. The van der Waals surface area contributed by atoms with Crippen LogP contribution in [0.2, 0.25) is 0 Å². The van der Waals surface area contributed by atoms with Crippen molar-refractivity contribution < 1.29 is 9.18 Å². The molecule has 0 aliphatic carbocycles. The highest BCUT2D eigenvalue weighted by atomic mass is 32.2. The van der Waals surface area contributed by atoms with Crippen LogP contribution in [0.5, 0.6) is 0 Å². The molecule has 1 N–H and O–H groups in total. The van der Waals surface area contributed by atoms with Crippen molar-refractivity contribution in [1.29, 1.82) is 0 Å². The Morgan fingerprint density at radius 3 is 2.80 bits per heavy atom. The standard InChI is InChI=1S/C22H18FN3O2S2/c1-13-5-3-8-18(14(13)2)26-21(28)20-17(9-10-29-20)25-22(26)30-12-19(27)24-16-7-4-6-15(23)11-16/h3-11H,12H2,1-2H3,(H,24,27). The van der Waals surface area contributed by atoms with Gasteiger partial charge in [0, 0.05) is 5.69 Å². The molecule has 0 saturated heterocycles. The van der Waals surface area contributed by atoms with Crippen molar-refractivity contribution in [3.05, 3.63) is 81.2 Å².